The van der Waals surface area contributed by atoms with Gasteiger partial charge in [-0.15, -0.1) is 0 Å². The number of hydrogen-bond donors (Lipinski definition) is 0. The molecule has 1 fully saturated rings. The molecule has 2 aromatic carbocycles. The first kappa shape index (κ1) is 17.8. The molecule has 0 heterocycles. The van der Waals surface area contributed by atoms with Crippen LogP contribution in [0, 0.1) is 37.5 Å². The van der Waals surface area contributed by atoms with E-state index in [0.717, 1.165) is 23.0 Å². The Kier molecular flexibility index (Phi) is 5.98. The second-order valence-corrected chi connectivity index (χ2v) is 7.93. The van der Waals surface area contributed by atoms with Crippen LogP contribution in [0.3, 0.4) is 0 Å². The van der Waals surface area contributed by atoms with Gasteiger partial charge in [-0.25, -0.2) is 0 Å². The Balaban J connectivity index is 1.56. The van der Waals surface area contributed by atoms with Gasteiger partial charge in [0.1, 0.15) is 0 Å². The molecule has 0 atom stereocenters. The van der Waals surface area contributed by atoms with Crippen molar-refractivity contribution < 1.29 is 0 Å². The van der Waals surface area contributed by atoms with Crippen molar-refractivity contribution in [3.8, 4) is 11.8 Å². The second kappa shape index (κ2) is 8.39. The van der Waals surface area contributed by atoms with Crippen molar-refractivity contribution in [1.82, 2.24) is 0 Å². The topological polar surface area (TPSA) is 0 Å². The van der Waals surface area contributed by atoms with E-state index in [4.69, 9.17) is 0 Å². The SMILES string of the molecule is Cc1ccc(C#Cc2ccc(CCC3CCC(C)CC3)cc2)c(C)c1. The minimum atomic E-state index is 0.945. The lowest BCUT2D eigenvalue weighted by atomic mass is 9.80. The van der Waals surface area contributed by atoms with Gasteiger partial charge in [0.2, 0.25) is 0 Å². The smallest absolute Gasteiger partial charge is 0.0278 e. The third-order valence-corrected chi connectivity index (χ3v) is 5.65. The third kappa shape index (κ3) is 5.23. The van der Waals surface area contributed by atoms with Crippen molar-refractivity contribution in [2.75, 3.05) is 0 Å². The van der Waals surface area contributed by atoms with Gasteiger partial charge in [0, 0.05) is 11.1 Å². The van der Waals surface area contributed by atoms with Crippen LogP contribution in [0.2, 0.25) is 0 Å². The van der Waals surface area contributed by atoms with E-state index in [2.05, 4.69) is 75.1 Å². The minimum absolute atomic E-state index is 0.945. The number of benzene rings is 2. The van der Waals surface area contributed by atoms with Gasteiger partial charge in [-0.2, -0.15) is 0 Å². The van der Waals surface area contributed by atoms with Gasteiger partial charge in [0.05, 0.1) is 0 Å². The summed E-state index contributed by atoms with van der Waals surface area (Å²) in [6.45, 7) is 6.65. The van der Waals surface area contributed by atoms with E-state index in [-0.39, 0.29) is 0 Å². The van der Waals surface area contributed by atoms with E-state index in [0.29, 0.717) is 0 Å². The maximum Gasteiger partial charge on any atom is 0.0278 e. The van der Waals surface area contributed by atoms with E-state index >= 15 is 0 Å². The van der Waals surface area contributed by atoms with Crippen LogP contribution in [-0.2, 0) is 6.42 Å². The first-order valence-electron chi connectivity index (χ1n) is 9.78. The van der Waals surface area contributed by atoms with Gasteiger partial charge in [-0.3, -0.25) is 0 Å². The van der Waals surface area contributed by atoms with Gasteiger partial charge in [0.25, 0.3) is 0 Å². The summed E-state index contributed by atoms with van der Waals surface area (Å²) in [6, 6.07) is 15.3. The number of hydrogen-bond acceptors (Lipinski definition) is 0. The van der Waals surface area contributed by atoms with Crippen molar-refractivity contribution in [3.63, 3.8) is 0 Å². The predicted molar refractivity (Wildman–Crippen MR) is 108 cm³/mol. The molecule has 0 aliphatic heterocycles. The van der Waals surface area contributed by atoms with Crippen LogP contribution >= 0.6 is 0 Å². The quantitative estimate of drug-likeness (QED) is 0.566. The lowest BCUT2D eigenvalue weighted by Gasteiger charge is -2.26. The van der Waals surface area contributed by atoms with Crippen LogP contribution in [0.1, 0.15) is 66.8 Å². The lowest BCUT2D eigenvalue weighted by molar-refractivity contribution is 0.278. The Morgan fingerprint density at radius 3 is 2.28 bits per heavy atom. The summed E-state index contributed by atoms with van der Waals surface area (Å²) in [7, 11) is 0. The minimum Gasteiger partial charge on any atom is -0.0625 e. The highest BCUT2D eigenvalue weighted by atomic mass is 14.2. The van der Waals surface area contributed by atoms with Crippen LogP contribution in [0.25, 0.3) is 0 Å². The van der Waals surface area contributed by atoms with Gasteiger partial charge in [0.15, 0.2) is 0 Å². The third-order valence-electron chi connectivity index (χ3n) is 5.65. The molecular formula is C25H30. The highest BCUT2D eigenvalue weighted by Gasteiger charge is 2.17. The van der Waals surface area contributed by atoms with Crippen molar-refractivity contribution >= 4 is 0 Å². The maximum absolute atomic E-state index is 3.31. The molecule has 0 radical (unpaired) electrons. The fourth-order valence-corrected chi connectivity index (χ4v) is 3.84. The van der Waals surface area contributed by atoms with Crippen LogP contribution in [0.15, 0.2) is 42.5 Å². The Morgan fingerprint density at radius 1 is 0.880 bits per heavy atom. The molecule has 2 aromatic rings. The molecule has 0 aromatic heterocycles. The zero-order valence-electron chi connectivity index (χ0n) is 15.9. The molecule has 0 saturated heterocycles. The largest absolute Gasteiger partial charge is 0.0625 e. The summed E-state index contributed by atoms with van der Waals surface area (Å²) >= 11 is 0. The van der Waals surface area contributed by atoms with Crippen molar-refractivity contribution in [3.05, 3.63) is 70.3 Å². The zero-order chi connectivity index (χ0) is 17.6. The van der Waals surface area contributed by atoms with Crippen LogP contribution in [0.5, 0.6) is 0 Å². The van der Waals surface area contributed by atoms with E-state index in [1.54, 1.807) is 0 Å². The fraction of sp³-hybridized carbons (Fsp3) is 0.440. The summed E-state index contributed by atoms with van der Waals surface area (Å²) in [4.78, 5) is 0. The standard InChI is InChI=1S/C25H30/c1-19-4-7-22(8-5-19)9-10-23-11-13-24(14-12-23)15-17-25-16-6-20(2)18-21(25)3/h6,11-14,16,18-19,22H,4-5,7-10H2,1-3H3. The van der Waals surface area contributed by atoms with Gasteiger partial charge < -0.3 is 0 Å². The summed E-state index contributed by atoms with van der Waals surface area (Å²) in [6.07, 6.45) is 8.28. The molecule has 0 N–H and O–H groups in total. The maximum atomic E-state index is 3.31. The second-order valence-electron chi connectivity index (χ2n) is 7.93. The van der Waals surface area contributed by atoms with Crippen molar-refractivity contribution in [2.24, 2.45) is 11.8 Å². The number of rotatable bonds is 3. The molecule has 0 bridgehead atoms. The first-order chi connectivity index (χ1) is 12.1. The Bertz CT molecular complexity index is 747. The Hall–Kier alpha value is -2.00. The molecule has 0 unspecified atom stereocenters. The highest BCUT2D eigenvalue weighted by molar-refractivity contribution is 5.47. The normalized spacial score (nSPS) is 20.0. The Labute approximate surface area is 153 Å². The fourth-order valence-electron chi connectivity index (χ4n) is 3.84. The Morgan fingerprint density at radius 2 is 1.60 bits per heavy atom. The molecule has 1 saturated carbocycles. The van der Waals surface area contributed by atoms with E-state index < -0.39 is 0 Å². The van der Waals surface area contributed by atoms with Crippen molar-refractivity contribution in [1.29, 1.82) is 0 Å². The van der Waals surface area contributed by atoms with Gasteiger partial charge in [-0.1, -0.05) is 74.3 Å². The molecule has 3 rings (SSSR count). The molecule has 0 heteroatoms. The van der Waals surface area contributed by atoms with Gasteiger partial charge in [-0.05, 0) is 67.9 Å². The molecule has 0 spiro atoms. The molecule has 0 amide bonds. The van der Waals surface area contributed by atoms with Crippen LogP contribution in [0.4, 0.5) is 0 Å². The summed E-state index contributed by atoms with van der Waals surface area (Å²) in [5.41, 5.74) is 6.23. The van der Waals surface area contributed by atoms with Crippen LogP contribution in [-0.4, -0.2) is 0 Å². The monoisotopic (exact) mass is 330 g/mol. The highest BCUT2D eigenvalue weighted by Crippen LogP contribution is 2.31. The van der Waals surface area contributed by atoms with E-state index in [1.165, 1.54) is 55.2 Å². The summed E-state index contributed by atoms with van der Waals surface area (Å²) in [5, 5.41) is 0. The number of aryl methyl sites for hydroxylation is 3. The summed E-state index contributed by atoms with van der Waals surface area (Å²) in [5.74, 6) is 8.52. The molecular weight excluding hydrogens is 300 g/mol. The molecule has 1 aliphatic carbocycles. The lowest BCUT2D eigenvalue weighted by Crippen LogP contribution is -2.12. The molecule has 1 aliphatic rings. The van der Waals surface area contributed by atoms with Crippen molar-refractivity contribution in [2.45, 2.75) is 59.3 Å². The van der Waals surface area contributed by atoms with E-state index in [9.17, 15) is 0 Å². The zero-order valence-corrected chi connectivity index (χ0v) is 15.9. The predicted octanol–water partition coefficient (Wildman–Crippen LogP) is 6.46. The molecule has 25 heavy (non-hydrogen) atoms. The molecule has 0 nitrogen and oxygen atoms in total. The molecule has 130 valence electrons. The summed E-state index contributed by atoms with van der Waals surface area (Å²) < 4.78 is 0. The van der Waals surface area contributed by atoms with Gasteiger partial charge >= 0.3 is 0 Å². The van der Waals surface area contributed by atoms with E-state index in [1.807, 2.05) is 0 Å². The first-order valence-corrected chi connectivity index (χ1v) is 9.78. The van der Waals surface area contributed by atoms with Crippen LogP contribution < -0.4 is 0 Å². The average molecular weight is 331 g/mol. The average Bonchev–Trinajstić information content (AvgIpc) is 2.61.